The smallest absolute Gasteiger partial charge is 0.134 e. The number of rotatable bonds is 7. The van der Waals surface area contributed by atoms with Crippen LogP contribution in [0.1, 0.15) is 17.4 Å². The van der Waals surface area contributed by atoms with Crippen LogP contribution in [0.4, 0.5) is 0 Å². The number of ether oxygens (including phenoxy) is 1. The Bertz CT molecular complexity index is 773. The second-order valence-corrected chi connectivity index (χ2v) is 5.56. The number of nitrogens with one attached hydrogen (secondary N) is 1. The third kappa shape index (κ3) is 5.10. The lowest BCUT2D eigenvalue weighted by Gasteiger charge is -2.11. The summed E-state index contributed by atoms with van der Waals surface area (Å²) in [4.78, 5) is 0. The van der Waals surface area contributed by atoms with Gasteiger partial charge in [-0.05, 0) is 29.8 Å². The molecule has 3 aromatic rings. The van der Waals surface area contributed by atoms with Crippen LogP contribution in [0.3, 0.4) is 0 Å². The summed E-state index contributed by atoms with van der Waals surface area (Å²) in [5.41, 5.74) is 1.88. The highest BCUT2D eigenvalue weighted by atomic mass is 35.5. The van der Waals surface area contributed by atoms with Crippen molar-refractivity contribution in [1.29, 1.82) is 0 Å². The Morgan fingerprint density at radius 2 is 1.84 bits per heavy atom. The Morgan fingerprint density at radius 1 is 1.04 bits per heavy atom. The van der Waals surface area contributed by atoms with E-state index in [9.17, 15) is 5.11 Å². The molecular weight excluding hydrogens is 338 g/mol. The molecule has 1 heterocycles. The summed E-state index contributed by atoms with van der Waals surface area (Å²) >= 11 is 0. The zero-order valence-corrected chi connectivity index (χ0v) is 14.7. The lowest BCUT2D eigenvalue weighted by Crippen LogP contribution is -3.00. The fourth-order valence-electron chi connectivity index (χ4n) is 2.53. The quantitative estimate of drug-likeness (QED) is 0.655. The molecule has 2 aromatic carbocycles. The zero-order valence-electron chi connectivity index (χ0n) is 14.0. The van der Waals surface area contributed by atoms with Gasteiger partial charge in [0.05, 0.1) is 19.8 Å². The van der Waals surface area contributed by atoms with E-state index in [1.165, 1.54) is 0 Å². The van der Waals surface area contributed by atoms with Crippen LogP contribution in [0, 0.1) is 0 Å². The molecule has 2 N–H and O–H groups in total. The maximum Gasteiger partial charge on any atom is 0.134 e. The van der Waals surface area contributed by atoms with Gasteiger partial charge in [0.25, 0.3) is 0 Å². The number of aliphatic hydroxyl groups is 1. The lowest BCUT2D eigenvalue weighted by atomic mass is 10.1. The number of aliphatic hydroxyl groups excluding tert-OH is 1. The Morgan fingerprint density at radius 3 is 2.60 bits per heavy atom. The van der Waals surface area contributed by atoms with E-state index >= 15 is 0 Å². The summed E-state index contributed by atoms with van der Waals surface area (Å²) in [6.07, 6.45) is -0.529. The van der Waals surface area contributed by atoms with Crippen molar-refractivity contribution in [3.8, 4) is 17.1 Å². The molecule has 25 heavy (non-hydrogen) atoms. The van der Waals surface area contributed by atoms with Gasteiger partial charge in [0, 0.05) is 12.1 Å². The standard InChI is InChI=1S/C20H21NO3.ClH/c1-23-17-9-5-8-16(12-17)20-11-10-18(24-20)13-21-14-19(22)15-6-3-2-4-7-15;/h2-12,19,21-22H,13-14H2,1H3;1H/p-1. The van der Waals surface area contributed by atoms with Gasteiger partial charge >= 0.3 is 0 Å². The van der Waals surface area contributed by atoms with E-state index in [4.69, 9.17) is 9.15 Å². The van der Waals surface area contributed by atoms with Gasteiger partial charge in [0.1, 0.15) is 17.3 Å². The molecule has 0 aliphatic heterocycles. The predicted molar refractivity (Wildman–Crippen MR) is 93.8 cm³/mol. The summed E-state index contributed by atoms with van der Waals surface area (Å²) in [6.45, 7) is 1.03. The first-order valence-electron chi connectivity index (χ1n) is 7.93. The number of benzene rings is 2. The van der Waals surface area contributed by atoms with E-state index in [2.05, 4.69) is 5.32 Å². The number of hydrogen-bond acceptors (Lipinski definition) is 4. The van der Waals surface area contributed by atoms with Crippen LogP contribution in [-0.2, 0) is 6.54 Å². The highest BCUT2D eigenvalue weighted by molar-refractivity contribution is 5.59. The molecule has 0 saturated carbocycles. The maximum absolute atomic E-state index is 10.1. The maximum atomic E-state index is 10.1. The van der Waals surface area contributed by atoms with Gasteiger partial charge in [-0.3, -0.25) is 0 Å². The second-order valence-electron chi connectivity index (χ2n) is 5.56. The molecule has 0 saturated heterocycles. The van der Waals surface area contributed by atoms with E-state index in [1.807, 2.05) is 66.7 Å². The van der Waals surface area contributed by atoms with Gasteiger partial charge in [-0.25, -0.2) is 0 Å². The molecule has 0 radical (unpaired) electrons. The monoisotopic (exact) mass is 358 g/mol. The molecule has 1 aromatic heterocycles. The average Bonchev–Trinajstić information content (AvgIpc) is 3.11. The highest BCUT2D eigenvalue weighted by Crippen LogP contribution is 2.25. The first-order chi connectivity index (χ1) is 11.8. The summed E-state index contributed by atoms with van der Waals surface area (Å²) in [5, 5.41) is 13.4. The highest BCUT2D eigenvalue weighted by Gasteiger charge is 2.08. The molecule has 0 aliphatic rings. The van der Waals surface area contributed by atoms with Crippen LogP contribution in [0.5, 0.6) is 5.75 Å². The Balaban J connectivity index is 0.00000225. The van der Waals surface area contributed by atoms with Gasteiger partial charge < -0.3 is 32.0 Å². The molecule has 3 rings (SSSR count). The summed E-state index contributed by atoms with van der Waals surface area (Å²) in [6, 6.07) is 21.3. The van der Waals surface area contributed by atoms with Crippen LogP contribution in [0.2, 0.25) is 0 Å². The fraction of sp³-hybridized carbons (Fsp3) is 0.200. The topological polar surface area (TPSA) is 54.6 Å². The summed E-state index contributed by atoms with van der Waals surface area (Å²) < 4.78 is 11.1. The van der Waals surface area contributed by atoms with Gasteiger partial charge in [0.15, 0.2) is 0 Å². The van der Waals surface area contributed by atoms with Gasteiger partial charge in [0.2, 0.25) is 0 Å². The molecular formula is C20H21ClNO3-. The molecule has 0 aliphatic carbocycles. The minimum Gasteiger partial charge on any atom is -1.00 e. The first kappa shape index (κ1) is 19.1. The van der Waals surface area contributed by atoms with Crippen molar-refractivity contribution in [3.05, 3.63) is 78.1 Å². The molecule has 5 heteroatoms. The number of hydrogen-bond donors (Lipinski definition) is 2. The zero-order chi connectivity index (χ0) is 16.8. The van der Waals surface area contributed by atoms with E-state index in [1.54, 1.807) is 7.11 Å². The largest absolute Gasteiger partial charge is 1.00 e. The van der Waals surface area contributed by atoms with Crippen molar-refractivity contribution in [1.82, 2.24) is 5.32 Å². The fourth-order valence-corrected chi connectivity index (χ4v) is 2.53. The minimum absolute atomic E-state index is 0. The van der Waals surface area contributed by atoms with Crippen molar-refractivity contribution in [2.24, 2.45) is 0 Å². The minimum atomic E-state index is -0.529. The molecule has 132 valence electrons. The van der Waals surface area contributed by atoms with Crippen LogP contribution in [0.15, 0.2) is 71.1 Å². The van der Waals surface area contributed by atoms with Crippen molar-refractivity contribution in [2.75, 3.05) is 13.7 Å². The van der Waals surface area contributed by atoms with Crippen LogP contribution in [-0.4, -0.2) is 18.8 Å². The van der Waals surface area contributed by atoms with Crippen LogP contribution >= 0.6 is 0 Å². The second kappa shape index (κ2) is 9.28. The first-order valence-corrected chi connectivity index (χ1v) is 7.93. The van der Waals surface area contributed by atoms with E-state index < -0.39 is 6.10 Å². The molecule has 0 amide bonds. The number of halogens is 1. The Kier molecular flexibility index (Phi) is 7.07. The normalized spacial score (nSPS) is 11.6. The molecule has 0 fully saturated rings. The molecule has 4 nitrogen and oxygen atoms in total. The Labute approximate surface area is 153 Å². The SMILES string of the molecule is COc1cccc(-c2ccc(CNCC(O)c3ccccc3)o2)c1.[Cl-]. The van der Waals surface area contributed by atoms with Gasteiger partial charge in [-0.1, -0.05) is 42.5 Å². The van der Waals surface area contributed by atoms with Crippen molar-refractivity contribution in [2.45, 2.75) is 12.6 Å². The van der Waals surface area contributed by atoms with E-state index in [0.29, 0.717) is 13.1 Å². The molecule has 0 bridgehead atoms. The van der Waals surface area contributed by atoms with E-state index in [-0.39, 0.29) is 12.4 Å². The third-order valence-electron chi connectivity index (χ3n) is 3.84. The van der Waals surface area contributed by atoms with Gasteiger partial charge in [-0.15, -0.1) is 0 Å². The Hall–Kier alpha value is -2.27. The number of furan rings is 1. The van der Waals surface area contributed by atoms with Crippen LogP contribution < -0.4 is 22.5 Å². The van der Waals surface area contributed by atoms with Crippen molar-refractivity contribution >= 4 is 0 Å². The predicted octanol–water partition coefficient (Wildman–Crippen LogP) is 0.782. The van der Waals surface area contributed by atoms with Crippen molar-refractivity contribution in [3.63, 3.8) is 0 Å². The van der Waals surface area contributed by atoms with E-state index in [0.717, 1.165) is 28.4 Å². The van der Waals surface area contributed by atoms with Crippen LogP contribution in [0.25, 0.3) is 11.3 Å². The van der Waals surface area contributed by atoms with Crippen molar-refractivity contribution < 1.29 is 26.7 Å². The summed E-state index contributed by atoms with van der Waals surface area (Å²) in [5.74, 6) is 2.43. The molecule has 0 spiro atoms. The molecule has 1 atom stereocenters. The lowest BCUT2D eigenvalue weighted by molar-refractivity contribution is -0.00000746. The van der Waals surface area contributed by atoms with Gasteiger partial charge in [-0.2, -0.15) is 0 Å². The molecule has 1 unspecified atom stereocenters. The number of methoxy groups -OCH3 is 1. The summed E-state index contributed by atoms with van der Waals surface area (Å²) in [7, 11) is 1.65. The average molecular weight is 359 g/mol. The third-order valence-corrected chi connectivity index (χ3v) is 3.84.